The molecule has 0 unspecified atom stereocenters. The number of hydrogen-bond acceptors (Lipinski definition) is 1. The van der Waals surface area contributed by atoms with Crippen LogP contribution in [0.2, 0.25) is 0 Å². The lowest BCUT2D eigenvalue weighted by Gasteiger charge is -2.34. The summed E-state index contributed by atoms with van der Waals surface area (Å²) in [4.78, 5) is 2.47. The van der Waals surface area contributed by atoms with Crippen molar-refractivity contribution in [1.29, 1.82) is 0 Å². The topological polar surface area (TPSA) is 3.24 Å². The quantitative estimate of drug-likeness (QED) is 0.524. The first-order valence-corrected chi connectivity index (χ1v) is 4.05. The van der Waals surface area contributed by atoms with E-state index in [9.17, 15) is 0 Å². The fourth-order valence-electron chi connectivity index (χ4n) is 0.857. The van der Waals surface area contributed by atoms with Gasteiger partial charge in [-0.15, -0.1) is 0 Å². The van der Waals surface area contributed by atoms with Gasteiger partial charge in [0, 0.05) is 6.04 Å². The van der Waals surface area contributed by atoms with Gasteiger partial charge in [-0.3, -0.25) is 0 Å². The Balaban J connectivity index is 0.000000291. The molecule has 0 spiro atoms. The summed E-state index contributed by atoms with van der Waals surface area (Å²) in [5, 5.41) is 0. The van der Waals surface area contributed by atoms with Gasteiger partial charge in [-0.1, -0.05) is 13.8 Å². The third kappa shape index (κ3) is 2.85. The Morgan fingerprint density at radius 2 is 1.56 bits per heavy atom. The monoisotopic (exact) mass is 129 g/mol. The average molecular weight is 129 g/mol. The molecule has 1 nitrogen and oxygen atoms in total. The molecule has 0 aromatic heterocycles. The zero-order valence-electron chi connectivity index (χ0n) is 7.15. The molecule has 1 heterocycles. The van der Waals surface area contributed by atoms with E-state index in [2.05, 4.69) is 18.7 Å². The molecule has 0 aromatic carbocycles. The maximum absolute atomic E-state index is 2.47. The van der Waals surface area contributed by atoms with Crippen LogP contribution in [0.5, 0.6) is 0 Å². The van der Waals surface area contributed by atoms with Gasteiger partial charge in [0.2, 0.25) is 0 Å². The molecule has 56 valence electrons. The summed E-state index contributed by atoms with van der Waals surface area (Å²) in [6.07, 6.45) is 1.41. The van der Waals surface area contributed by atoms with Crippen LogP contribution in [0.25, 0.3) is 0 Å². The Kier molecular flexibility index (Phi) is 4.78. The van der Waals surface area contributed by atoms with Crippen molar-refractivity contribution in [3.8, 4) is 0 Å². The van der Waals surface area contributed by atoms with E-state index in [1.165, 1.54) is 19.5 Å². The second kappa shape index (κ2) is 4.80. The fourth-order valence-corrected chi connectivity index (χ4v) is 0.857. The first-order valence-electron chi connectivity index (χ1n) is 4.05. The number of rotatable bonds is 1. The third-order valence-electron chi connectivity index (χ3n) is 1.62. The first-order chi connectivity index (χ1) is 4.30. The second-order valence-corrected chi connectivity index (χ2v) is 2.48. The molecule has 0 amide bonds. The Bertz CT molecular complexity index is 55.6. The van der Waals surface area contributed by atoms with E-state index in [4.69, 9.17) is 0 Å². The number of likely N-dealkylation sites (tertiary alicyclic amines) is 1. The Hall–Kier alpha value is -0.0400. The molecule has 0 bridgehead atoms. The molecule has 9 heavy (non-hydrogen) atoms. The molecular formula is C8H19N. The number of hydrogen-bond donors (Lipinski definition) is 0. The second-order valence-electron chi connectivity index (χ2n) is 2.48. The van der Waals surface area contributed by atoms with Crippen LogP contribution in [0.1, 0.15) is 34.1 Å². The van der Waals surface area contributed by atoms with Gasteiger partial charge in [0.05, 0.1) is 0 Å². The normalized spacial score (nSPS) is 18.3. The van der Waals surface area contributed by atoms with Gasteiger partial charge < -0.3 is 4.90 Å². The van der Waals surface area contributed by atoms with Gasteiger partial charge in [-0.2, -0.15) is 0 Å². The van der Waals surface area contributed by atoms with E-state index in [1.54, 1.807) is 0 Å². The summed E-state index contributed by atoms with van der Waals surface area (Å²) < 4.78 is 0. The van der Waals surface area contributed by atoms with E-state index >= 15 is 0 Å². The van der Waals surface area contributed by atoms with E-state index in [-0.39, 0.29) is 0 Å². The van der Waals surface area contributed by atoms with Gasteiger partial charge in [0.1, 0.15) is 0 Å². The number of nitrogens with zero attached hydrogens (tertiary/aromatic N) is 1. The molecule has 0 radical (unpaired) electrons. The summed E-state index contributed by atoms with van der Waals surface area (Å²) in [6.45, 7) is 11.2. The van der Waals surface area contributed by atoms with Gasteiger partial charge in [0.25, 0.3) is 0 Å². The molecule has 0 atom stereocenters. The van der Waals surface area contributed by atoms with Crippen molar-refractivity contribution in [3.63, 3.8) is 0 Å². The molecule has 0 aromatic rings. The van der Waals surface area contributed by atoms with E-state index in [0.717, 1.165) is 6.04 Å². The highest BCUT2D eigenvalue weighted by molar-refractivity contribution is 4.71. The lowest BCUT2D eigenvalue weighted by atomic mass is 10.2. The van der Waals surface area contributed by atoms with E-state index in [0.29, 0.717) is 0 Å². The molecule has 1 saturated heterocycles. The lowest BCUT2D eigenvalue weighted by Crippen LogP contribution is -2.41. The molecule has 1 heteroatoms. The van der Waals surface area contributed by atoms with Crippen LogP contribution >= 0.6 is 0 Å². The minimum atomic E-state index is 0.786. The predicted molar refractivity (Wildman–Crippen MR) is 42.7 cm³/mol. The van der Waals surface area contributed by atoms with Crippen molar-refractivity contribution in [2.24, 2.45) is 0 Å². The van der Waals surface area contributed by atoms with Gasteiger partial charge in [0.15, 0.2) is 0 Å². The molecule has 1 aliphatic heterocycles. The predicted octanol–water partition coefficient (Wildman–Crippen LogP) is 2.13. The SMILES string of the molecule is CC.CC(C)N1CCC1. The van der Waals surface area contributed by atoms with Crippen LogP contribution in [0.4, 0.5) is 0 Å². The molecular weight excluding hydrogens is 110 g/mol. The van der Waals surface area contributed by atoms with Crippen molar-refractivity contribution in [2.45, 2.75) is 40.2 Å². The molecule has 0 aliphatic carbocycles. The van der Waals surface area contributed by atoms with Crippen LogP contribution < -0.4 is 0 Å². The summed E-state index contributed by atoms with van der Waals surface area (Å²) in [5.74, 6) is 0. The highest BCUT2D eigenvalue weighted by Crippen LogP contribution is 2.08. The van der Waals surface area contributed by atoms with Crippen LogP contribution in [0.15, 0.2) is 0 Å². The van der Waals surface area contributed by atoms with Crippen molar-refractivity contribution in [2.75, 3.05) is 13.1 Å². The average Bonchev–Trinajstić information content (AvgIpc) is 1.65. The summed E-state index contributed by atoms with van der Waals surface area (Å²) in [7, 11) is 0. The first kappa shape index (κ1) is 8.96. The highest BCUT2D eigenvalue weighted by atomic mass is 15.2. The Morgan fingerprint density at radius 3 is 1.56 bits per heavy atom. The van der Waals surface area contributed by atoms with Crippen molar-refractivity contribution in [1.82, 2.24) is 4.90 Å². The fraction of sp³-hybridized carbons (Fsp3) is 1.00. The van der Waals surface area contributed by atoms with Crippen molar-refractivity contribution in [3.05, 3.63) is 0 Å². The summed E-state index contributed by atoms with van der Waals surface area (Å²) in [6, 6.07) is 0.786. The zero-order valence-corrected chi connectivity index (χ0v) is 7.15. The zero-order chi connectivity index (χ0) is 7.28. The largest absolute Gasteiger partial charge is 0.301 e. The van der Waals surface area contributed by atoms with Crippen LogP contribution in [0.3, 0.4) is 0 Å². The summed E-state index contributed by atoms with van der Waals surface area (Å²) >= 11 is 0. The Morgan fingerprint density at radius 1 is 1.11 bits per heavy atom. The van der Waals surface area contributed by atoms with Crippen LogP contribution in [-0.4, -0.2) is 24.0 Å². The Labute approximate surface area is 59.1 Å². The van der Waals surface area contributed by atoms with Crippen LogP contribution in [-0.2, 0) is 0 Å². The maximum Gasteiger partial charge on any atom is 0.00386 e. The summed E-state index contributed by atoms with van der Waals surface area (Å²) in [5.41, 5.74) is 0. The smallest absolute Gasteiger partial charge is 0.00386 e. The lowest BCUT2D eigenvalue weighted by molar-refractivity contribution is 0.138. The van der Waals surface area contributed by atoms with Crippen LogP contribution in [0, 0.1) is 0 Å². The van der Waals surface area contributed by atoms with E-state index in [1.807, 2.05) is 13.8 Å². The molecule has 1 fully saturated rings. The maximum atomic E-state index is 2.47. The van der Waals surface area contributed by atoms with Gasteiger partial charge in [-0.25, -0.2) is 0 Å². The minimum absolute atomic E-state index is 0.786. The minimum Gasteiger partial charge on any atom is -0.301 e. The van der Waals surface area contributed by atoms with Crippen molar-refractivity contribution >= 4 is 0 Å². The third-order valence-corrected chi connectivity index (χ3v) is 1.62. The van der Waals surface area contributed by atoms with E-state index < -0.39 is 0 Å². The molecule has 0 N–H and O–H groups in total. The molecule has 0 saturated carbocycles. The van der Waals surface area contributed by atoms with Gasteiger partial charge in [-0.05, 0) is 33.4 Å². The molecule has 1 aliphatic rings. The standard InChI is InChI=1S/C6H13N.C2H6/c1-6(2)7-4-3-5-7;1-2/h6H,3-5H2,1-2H3;1-2H3. The van der Waals surface area contributed by atoms with Crippen molar-refractivity contribution < 1.29 is 0 Å². The molecule has 1 rings (SSSR count). The van der Waals surface area contributed by atoms with Gasteiger partial charge >= 0.3 is 0 Å². The highest BCUT2D eigenvalue weighted by Gasteiger charge is 2.15.